The molecule has 32 heavy (non-hydrogen) atoms. The molecule has 1 N–H and O–H groups in total. The first kappa shape index (κ1) is 23.5. The number of hydrogen-bond donors (Lipinski definition) is 1. The van der Waals surface area contributed by atoms with Gasteiger partial charge in [0.25, 0.3) is 5.91 Å². The smallest absolute Gasteiger partial charge is 0.261 e. The van der Waals surface area contributed by atoms with Crippen LogP contribution in [-0.2, 0) is 17.9 Å². The zero-order valence-corrected chi connectivity index (χ0v) is 19.6. The number of carbonyl (C=O) groups is 1. The quantitative estimate of drug-likeness (QED) is 0.344. The molecule has 0 fully saturated rings. The molecule has 168 valence electrons. The third-order valence-electron chi connectivity index (χ3n) is 4.56. The van der Waals surface area contributed by atoms with Gasteiger partial charge in [-0.25, -0.2) is 9.82 Å². The van der Waals surface area contributed by atoms with Gasteiger partial charge in [0.05, 0.1) is 28.7 Å². The molecule has 0 aliphatic rings. The van der Waals surface area contributed by atoms with Crippen LogP contribution in [0, 0.1) is 19.7 Å². The maximum absolute atomic E-state index is 13.0. The molecule has 2 aromatic carbocycles. The fourth-order valence-corrected chi connectivity index (χ4v) is 3.20. The molecule has 7 nitrogen and oxygen atoms in total. The Hall–Kier alpha value is -3.20. The van der Waals surface area contributed by atoms with Crippen LogP contribution in [0.2, 0.25) is 0 Å². The molecule has 0 atom stereocenters. The van der Waals surface area contributed by atoms with Crippen molar-refractivity contribution in [3.63, 3.8) is 0 Å². The molecule has 0 saturated heterocycles. The second-order valence-corrected chi connectivity index (χ2v) is 7.78. The Labute approximate surface area is 194 Å². The minimum atomic E-state index is -0.290. The number of carbonyl (C=O) groups excluding carboxylic acids is 1. The van der Waals surface area contributed by atoms with Crippen molar-refractivity contribution < 1.29 is 18.7 Å². The molecule has 0 unspecified atom stereocenters. The van der Waals surface area contributed by atoms with E-state index in [0.717, 1.165) is 27.0 Å². The number of aryl methyl sites for hydroxylation is 1. The Morgan fingerprint density at radius 1 is 1.19 bits per heavy atom. The van der Waals surface area contributed by atoms with Crippen molar-refractivity contribution in [2.24, 2.45) is 5.10 Å². The Kier molecular flexibility index (Phi) is 7.99. The molecule has 0 aliphatic heterocycles. The molecule has 3 aromatic rings. The Morgan fingerprint density at radius 2 is 1.94 bits per heavy atom. The molecule has 1 heterocycles. The van der Waals surface area contributed by atoms with Gasteiger partial charge in [-0.15, -0.1) is 0 Å². The van der Waals surface area contributed by atoms with Crippen LogP contribution in [0.1, 0.15) is 29.4 Å². The van der Waals surface area contributed by atoms with Crippen molar-refractivity contribution in [2.45, 2.75) is 33.9 Å². The third-order valence-corrected chi connectivity index (χ3v) is 5.71. The Bertz CT molecular complexity index is 1110. The van der Waals surface area contributed by atoms with Gasteiger partial charge in [-0.05, 0) is 78.2 Å². The van der Waals surface area contributed by atoms with E-state index in [2.05, 4.69) is 31.6 Å². The highest BCUT2D eigenvalue weighted by molar-refractivity contribution is 9.10. The van der Waals surface area contributed by atoms with Crippen molar-refractivity contribution in [1.29, 1.82) is 0 Å². The molecule has 0 saturated carbocycles. The van der Waals surface area contributed by atoms with Crippen molar-refractivity contribution in [1.82, 2.24) is 15.2 Å². The van der Waals surface area contributed by atoms with Gasteiger partial charge in [0.1, 0.15) is 19.0 Å². The average molecular weight is 503 g/mol. The SMILES string of the molecule is CCOc1cc(C=NNC(=O)Cn2nc(C)c(Br)c2C)ccc1OCc1ccc(F)cc1. The van der Waals surface area contributed by atoms with E-state index < -0.39 is 0 Å². The average Bonchev–Trinajstić information content (AvgIpc) is 3.01. The van der Waals surface area contributed by atoms with Crippen molar-refractivity contribution in [3.8, 4) is 11.5 Å². The first-order chi connectivity index (χ1) is 15.4. The molecular formula is C23H24BrFN4O3. The first-order valence-corrected chi connectivity index (χ1v) is 10.8. The van der Waals surface area contributed by atoms with Crippen LogP contribution in [0.5, 0.6) is 11.5 Å². The number of hydrogen-bond acceptors (Lipinski definition) is 5. The number of aromatic nitrogens is 2. The maximum Gasteiger partial charge on any atom is 0.261 e. The number of nitrogens with zero attached hydrogens (tertiary/aromatic N) is 3. The predicted octanol–water partition coefficient (Wildman–Crippen LogP) is 4.53. The number of nitrogens with one attached hydrogen (secondary N) is 1. The summed E-state index contributed by atoms with van der Waals surface area (Å²) in [5, 5.41) is 8.33. The summed E-state index contributed by atoms with van der Waals surface area (Å²) in [5.41, 5.74) is 5.78. The molecule has 0 aliphatic carbocycles. The minimum Gasteiger partial charge on any atom is -0.490 e. The number of hydrazone groups is 1. The largest absolute Gasteiger partial charge is 0.490 e. The molecule has 9 heteroatoms. The van der Waals surface area contributed by atoms with Crippen LogP contribution >= 0.6 is 15.9 Å². The van der Waals surface area contributed by atoms with Crippen LogP contribution in [0.25, 0.3) is 0 Å². The molecule has 1 amide bonds. The Morgan fingerprint density at radius 3 is 2.59 bits per heavy atom. The number of benzene rings is 2. The molecule has 0 bridgehead atoms. The monoisotopic (exact) mass is 502 g/mol. The Balaban J connectivity index is 1.61. The predicted molar refractivity (Wildman–Crippen MR) is 123 cm³/mol. The van der Waals surface area contributed by atoms with Crippen LogP contribution < -0.4 is 14.9 Å². The van der Waals surface area contributed by atoms with Gasteiger partial charge in [0.15, 0.2) is 11.5 Å². The zero-order chi connectivity index (χ0) is 23.1. The first-order valence-electron chi connectivity index (χ1n) is 10.0. The fourth-order valence-electron chi connectivity index (χ4n) is 2.91. The lowest BCUT2D eigenvalue weighted by Gasteiger charge is -2.12. The van der Waals surface area contributed by atoms with E-state index in [1.165, 1.54) is 18.3 Å². The van der Waals surface area contributed by atoms with Crippen LogP contribution in [-0.4, -0.2) is 28.5 Å². The summed E-state index contributed by atoms with van der Waals surface area (Å²) in [4.78, 5) is 12.2. The van der Waals surface area contributed by atoms with E-state index in [1.54, 1.807) is 35.0 Å². The lowest BCUT2D eigenvalue weighted by Crippen LogP contribution is -2.24. The van der Waals surface area contributed by atoms with Crippen molar-refractivity contribution in [3.05, 3.63) is 75.3 Å². The van der Waals surface area contributed by atoms with E-state index in [4.69, 9.17) is 9.47 Å². The van der Waals surface area contributed by atoms with E-state index in [-0.39, 0.29) is 24.9 Å². The van der Waals surface area contributed by atoms with Gasteiger partial charge >= 0.3 is 0 Å². The van der Waals surface area contributed by atoms with Gasteiger partial charge in [-0.2, -0.15) is 10.2 Å². The van der Waals surface area contributed by atoms with Crippen LogP contribution in [0.4, 0.5) is 4.39 Å². The summed E-state index contributed by atoms with van der Waals surface area (Å²) >= 11 is 3.44. The second kappa shape index (κ2) is 10.9. The van der Waals surface area contributed by atoms with Crippen LogP contribution in [0.3, 0.4) is 0 Å². The van der Waals surface area contributed by atoms with Gasteiger partial charge in [-0.1, -0.05) is 12.1 Å². The summed E-state index contributed by atoms with van der Waals surface area (Å²) in [6.07, 6.45) is 1.53. The summed E-state index contributed by atoms with van der Waals surface area (Å²) in [7, 11) is 0. The normalized spacial score (nSPS) is 11.0. The van der Waals surface area contributed by atoms with Gasteiger partial charge in [-0.3, -0.25) is 9.48 Å². The number of amides is 1. The molecular weight excluding hydrogens is 479 g/mol. The lowest BCUT2D eigenvalue weighted by atomic mass is 10.2. The van der Waals surface area contributed by atoms with Crippen LogP contribution in [0.15, 0.2) is 52.0 Å². The fraction of sp³-hybridized carbons (Fsp3) is 0.261. The lowest BCUT2D eigenvalue weighted by molar-refractivity contribution is -0.121. The van der Waals surface area contributed by atoms with Crippen molar-refractivity contribution >= 4 is 28.1 Å². The third kappa shape index (κ3) is 6.16. The van der Waals surface area contributed by atoms with Gasteiger partial charge < -0.3 is 9.47 Å². The number of ether oxygens (including phenoxy) is 2. The summed E-state index contributed by atoms with van der Waals surface area (Å²) in [5.74, 6) is 0.538. The molecule has 3 rings (SSSR count). The second-order valence-electron chi connectivity index (χ2n) is 6.99. The standard InChI is InChI=1S/C23H24BrFN4O3/c1-4-31-21-11-18(7-10-20(21)32-14-17-5-8-19(25)9-6-17)12-26-27-22(30)13-29-16(3)23(24)15(2)28-29/h5-12H,4,13-14H2,1-3H3,(H,27,30). The van der Waals surface area contributed by atoms with E-state index >= 15 is 0 Å². The van der Waals surface area contributed by atoms with E-state index in [9.17, 15) is 9.18 Å². The maximum atomic E-state index is 13.0. The van der Waals surface area contributed by atoms with Gasteiger partial charge in [0, 0.05) is 0 Å². The van der Waals surface area contributed by atoms with Gasteiger partial charge in [0.2, 0.25) is 0 Å². The summed E-state index contributed by atoms with van der Waals surface area (Å²) < 4.78 is 27.0. The highest BCUT2D eigenvalue weighted by Crippen LogP contribution is 2.29. The highest BCUT2D eigenvalue weighted by Gasteiger charge is 2.11. The number of rotatable bonds is 9. The van der Waals surface area contributed by atoms with E-state index in [1.807, 2.05) is 20.8 Å². The molecule has 0 spiro atoms. The summed E-state index contributed by atoms with van der Waals surface area (Å²) in [6, 6.07) is 11.5. The topological polar surface area (TPSA) is 77.7 Å². The molecule has 1 aromatic heterocycles. The van der Waals surface area contributed by atoms with E-state index in [0.29, 0.717) is 18.1 Å². The highest BCUT2D eigenvalue weighted by atomic mass is 79.9. The molecule has 0 radical (unpaired) electrons. The minimum absolute atomic E-state index is 0.0654. The van der Waals surface area contributed by atoms with Crippen molar-refractivity contribution in [2.75, 3.05) is 6.61 Å². The zero-order valence-electron chi connectivity index (χ0n) is 18.1. The number of halogens is 2. The summed E-state index contributed by atoms with van der Waals surface area (Å²) in [6.45, 7) is 6.44.